The Hall–Kier alpha value is -3.00. The second-order valence-corrected chi connectivity index (χ2v) is 14.6. The lowest BCUT2D eigenvalue weighted by atomic mass is 9.59. The molecule has 254 valence electrons. The normalized spacial score (nSPS) is 34.2. The Morgan fingerprint density at radius 2 is 1.65 bits per heavy atom. The maximum Gasteiger partial charge on any atom is 0.331 e. The van der Waals surface area contributed by atoms with Gasteiger partial charge in [0.2, 0.25) is 0 Å². The summed E-state index contributed by atoms with van der Waals surface area (Å²) in [5.41, 5.74) is -2.92. The Balaban J connectivity index is 1.61. The van der Waals surface area contributed by atoms with Crippen molar-refractivity contribution in [2.45, 2.75) is 124 Å². The fourth-order valence-corrected chi connectivity index (χ4v) is 8.76. The topological polar surface area (TPSA) is 116 Å². The van der Waals surface area contributed by atoms with E-state index in [0.29, 0.717) is 17.6 Å². The molecule has 0 unspecified atom stereocenters. The number of hydrogen-bond acceptors (Lipinski definition) is 8. The van der Waals surface area contributed by atoms with E-state index >= 15 is 0 Å². The van der Waals surface area contributed by atoms with Gasteiger partial charge in [0.1, 0.15) is 6.61 Å². The smallest absolute Gasteiger partial charge is 0.331 e. The summed E-state index contributed by atoms with van der Waals surface area (Å²) in [6, 6.07) is 0. The van der Waals surface area contributed by atoms with E-state index in [0.717, 1.165) is 12.8 Å². The molecule has 0 radical (unpaired) electrons. The van der Waals surface area contributed by atoms with Crippen molar-refractivity contribution in [3.05, 3.63) is 47.6 Å². The molecule has 1 spiro atoms. The Morgan fingerprint density at radius 1 is 0.978 bits per heavy atom. The van der Waals surface area contributed by atoms with Gasteiger partial charge in [0.15, 0.2) is 23.6 Å². The van der Waals surface area contributed by atoms with Gasteiger partial charge in [0.05, 0.1) is 5.41 Å². The highest BCUT2D eigenvalue weighted by atomic mass is 16.6. The van der Waals surface area contributed by atoms with Crippen LogP contribution in [0.1, 0.15) is 106 Å². The Labute approximate surface area is 274 Å². The van der Waals surface area contributed by atoms with Crippen molar-refractivity contribution < 1.29 is 38.5 Å². The summed E-state index contributed by atoms with van der Waals surface area (Å²) in [7, 11) is 0. The van der Waals surface area contributed by atoms with Crippen molar-refractivity contribution in [2.75, 3.05) is 6.61 Å². The third-order valence-electron chi connectivity index (χ3n) is 11.1. The van der Waals surface area contributed by atoms with Crippen LogP contribution in [0.25, 0.3) is 0 Å². The predicted octanol–water partition coefficient (Wildman–Crippen LogP) is 6.76. The van der Waals surface area contributed by atoms with Crippen LogP contribution in [0.3, 0.4) is 0 Å². The van der Waals surface area contributed by atoms with Crippen LogP contribution in [0.5, 0.6) is 0 Å². The molecule has 2 saturated carbocycles. The monoisotopic (exact) mass is 638 g/mol. The van der Waals surface area contributed by atoms with Crippen molar-refractivity contribution in [3.63, 3.8) is 0 Å². The van der Waals surface area contributed by atoms with Crippen LogP contribution in [0.2, 0.25) is 0 Å². The van der Waals surface area contributed by atoms with E-state index < -0.39 is 47.0 Å². The molecular formula is C38H54O8. The van der Waals surface area contributed by atoms with Gasteiger partial charge in [-0.05, 0) is 54.9 Å². The first-order chi connectivity index (χ1) is 21.7. The predicted molar refractivity (Wildman–Crippen MR) is 175 cm³/mol. The number of fused-ring (bicyclic) bond motifs is 3. The van der Waals surface area contributed by atoms with Gasteiger partial charge in [0.25, 0.3) is 0 Å². The number of hydrogen-bond donors (Lipinski definition) is 1. The van der Waals surface area contributed by atoms with Crippen molar-refractivity contribution in [2.24, 2.45) is 34.5 Å². The third-order valence-corrected chi connectivity index (χ3v) is 11.1. The molecule has 2 fully saturated rings. The number of ether oxygens (including phenoxy) is 3. The molecule has 8 heteroatoms. The molecule has 0 aromatic carbocycles. The molecule has 0 saturated heterocycles. The number of Topliss-reactive ketones (excluding diaryl/α,β-unsaturated/α-hetero) is 1. The molecular weight excluding hydrogens is 584 g/mol. The van der Waals surface area contributed by atoms with Crippen LogP contribution in [-0.4, -0.2) is 53.2 Å². The van der Waals surface area contributed by atoms with Crippen LogP contribution in [0.15, 0.2) is 47.6 Å². The van der Waals surface area contributed by atoms with Gasteiger partial charge in [0, 0.05) is 31.4 Å². The molecule has 8 atom stereocenters. The van der Waals surface area contributed by atoms with Gasteiger partial charge in [-0.1, -0.05) is 96.6 Å². The van der Waals surface area contributed by atoms with E-state index in [9.17, 15) is 24.3 Å². The second-order valence-electron chi connectivity index (χ2n) is 14.6. The summed E-state index contributed by atoms with van der Waals surface area (Å²) in [5, 5.41) is 13.0. The number of allylic oxidation sites excluding steroid dienone is 4. The highest BCUT2D eigenvalue weighted by Gasteiger charge is 2.77. The molecule has 8 nitrogen and oxygen atoms in total. The van der Waals surface area contributed by atoms with Gasteiger partial charge in [-0.15, -0.1) is 0 Å². The van der Waals surface area contributed by atoms with E-state index in [-0.39, 0.29) is 35.6 Å². The van der Waals surface area contributed by atoms with Crippen molar-refractivity contribution in [1.82, 2.24) is 0 Å². The van der Waals surface area contributed by atoms with Crippen LogP contribution in [0.4, 0.5) is 0 Å². The lowest BCUT2D eigenvalue weighted by molar-refractivity contribution is -0.210. The summed E-state index contributed by atoms with van der Waals surface area (Å²) in [4.78, 5) is 52.5. The standard InChI is InChI=1S/C38H54O8/c1-8-9-10-11-12-13-14-15-16-17-18-19-31(41)46-34-24(2)22-37-25(3)20-30-32(36(30,6)7)29(33(37)42)21-28(23-44-26(4)39)35(38(34,37)43)45-27(5)40/h16-19,21-22,25,29-30,32,34-35,43H,8-15,20,23H2,1-7H3/b17-16-,19-18+/t25-,29-,30-,32+,34+,35-,37+,38-/m1/s1. The largest absolute Gasteiger partial charge is 0.461 e. The van der Waals surface area contributed by atoms with Gasteiger partial charge >= 0.3 is 17.9 Å². The molecule has 2 bridgehead atoms. The zero-order chi connectivity index (χ0) is 33.9. The minimum absolute atomic E-state index is 0.0144. The molecule has 4 aliphatic carbocycles. The van der Waals surface area contributed by atoms with Crippen LogP contribution in [-0.2, 0) is 33.4 Å². The number of esters is 3. The minimum atomic E-state index is -2.16. The van der Waals surface area contributed by atoms with E-state index in [1.54, 1.807) is 25.2 Å². The number of carbonyl (C=O) groups excluding carboxylic acids is 4. The first-order valence-electron chi connectivity index (χ1n) is 17.2. The zero-order valence-electron chi connectivity index (χ0n) is 28.8. The SMILES string of the molecule is CCCCCCCCC/C=C\C=C\C(=O)O[C@H]1C(C)=C[C@]23C(=O)[C@H](C=C(COC(C)=O)[C@@H](OC(C)=O)[C@]12O)[C@H]1[C@@H](C[C@H]3C)C1(C)C. The average Bonchev–Trinajstić information content (AvgIpc) is 3.48. The maximum absolute atomic E-state index is 14.8. The Kier molecular flexibility index (Phi) is 11.2. The first kappa shape index (κ1) is 35.8. The maximum atomic E-state index is 14.8. The second kappa shape index (κ2) is 14.4. The highest BCUT2D eigenvalue weighted by molar-refractivity contribution is 5.96. The highest BCUT2D eigenvalue weighted by Crippen LogP contribution is 2.72. The van der Waals surface area contributed by atoms with Crippen LogP contribution < -0.4 is 0 Å². The molecule has 46 heavy (non-hydrogen) atoms. The van der Waals surface area contributed by atoms with E-state index in [2.05, 4.69) is 20.8 Å². The summed E-state index contributed by atoms with van der Waals surface area (Å²) in [6.07, 6.45) is 17.8. The van der Waals surface area contributed by atoms with E-state index in [1.807, 2.05) is 19.1 Å². The minimum Gasteiger partial charge on any atom is -0.461 e. The molecule has 4 aliphatic rings. The van der Waals surface area contributed by atoms with Gasteiger partial charge in [-0.2, -0.15) is 0 Å². The fraction of sp³-hybridized carbons (Fsp3) is 0.684. The molecule has 0 aliphatic heterocycles. The van der Waals surface area contributed by atoms with Crippen LogP contribution >= 0.6 is 0 Å². The van der Waals surface area contributed by atoms with Crippen molar-refractivity contribution in [1.29, 1.82) is 0 Å². The zero-order valence-corrected chi connectivity index (χ0v) is 28.8. The fourth-order valence-electron chi connectivity index (χ4n) is 8.76. The lowest BCUT2D eigenvalue weighted by Gasteiger charge is -2.49. The number of ketones is 1. The lowest BCUT2D eigenvalue weighted by Crippen LogP contribution is -2.66. The summed E-state index contributed by atoms with van der Waals surface area (Å²) in [6.45, 7) is 12.4. The number of carbonyl (C=O) groups is 4. The molecule has 0 aromatic rings. The van der Waals surface area contributed by atoms with Crippen molar-refractivity contribution in [3.8, 4) is 0 Å². The Morgan fingerprint density at radius 3 is 2.30 bits per heavy atom. The average molecular weight is 639 g/mol. The van der Waals surface area contributed by atoms with E-state index in [1.165, 1.54) is 58.4 Å². The van der Waals surface area contributed by atoms with Crippen LogP contribution in [0, 0.1) is 34.5 Å². The van der Waals surface area contributed by atoms with Gasteiger partial charge in [-0.3, -0.25) is 14.4 Å². The molecule has 4 rings (SSSR count). The van der Waals surface area contributed by atoms with E-state index in [4.69, 9.17) is 14.2 Å². The van der Waals surface area contributed by atoms with Gasteiger partial charge in [-0.25, -0.2) is 4.79 Å². The molecule has 0 aromatic heterocycles. The molecule has 0 amide bonds. The quantitative estimate of drug-likeness (QED) is 0.0554. The molecule has 1 N–H and O–H groups in total. The molecule has 0 heterocycles. The van der Waals surface area contributed by atoms with Gasteiger partial charge < -0.3 is 19.3 Å². The summed E-state index contributed by atoms with van der Waals surface area (Å²) >= 11 is 0. The number of unbranched alkanes of at least 4 members (excludes halogenated alkanes) is 7. The number of aliphatic hydroxyl groups is 1. The third kappa shape index (κ3) is 6.69. The summed E-state index contributed by atoms with van der Waals surface area (Å²) < 4.78 is 17.2. The summed E-state index contributed by atoms with van der Waals surface area (Å²) in [5.74, 6) is -2.79. The van der Waals surface area contributed by atoms with Crippen molar-refractivity contribution >= 4 is 23.7 Å². The Bertz CT molecular complexity index is 1300. The first-order valence-corrected chi connectivity index (χ1v) is 17.2. The number of rotatable bonds is 14.